The Morgan fingerprint density at radius 2 is 1.67 bits per heavy atom. The van der Waals surface area contributed by atoms with Crippen molar-refractivity contribution in [1.29, 1.82) is 0 Å². The molecule has 0 aromatic heterocycles. The number of amides is 1. The smallest absolute Gasteiger partial charge is 0.410 e. The third-order valence-electron chi connectivity index (χ3n) is 6.35. The van der Waals surface area contributed by atoms with Gasteiger partial charge in [0.25, 0.3) is 0 Å². The molecule has 0 spiro atoms. The van der Waals surface area contributed by atoms with E-state index in [9.17, 15) is 23.1 Å². The van der Waals surface area contributed by atoms with Gasteiger partial charge in [0.2, 0.25) is 9.84 Å². The van der Waals surface area contributed by atoms with Gasteiger partial charge in [-0.05, 0) is 94.6 Å². The van der Waals surface area contributed by atoms with E-state index in [1.807, 2.05) is 6.92 Å². The lowest BCUT2D eigenvalue weighted by molar-refractivity contribution is 0.0147. The van der Waals surface area contributed by atoms with Crippen LogP contribution < -0.4 is 5.32 Å². The fourth-order valence-electron chi connectivity index (χ4n) is 4.26. The molecule has 1 atom stereocenters. The molecular weight excluding hydrogens is 592 g/mol. The molecule has 0 fully saturated rings. The topological polar surface area (TPSA) is 122 Å². The molecule has 0 radical (unpaired) electrons. The molecule has 0 saturated heterocycles. The van der Waals surface area contributed by atoms with E-state index in [0.29, 0.717) is 29.2 Å². The summed E-state index contributed by atoms with van der Waals surface area (Å²) < 4.78 is 37.5. The molecule has 0 aliphatic heterocycles. The van der Waals surface area contributed by atoms with E-state index in [4.69, 9.17) is 21.1 Å². The predicted molar refractivity (Wildman–Crippen MR) is 166 cm³/mol. The zero-order valence-electron chi connectivity index (χ0n) is 25.1. The highest BCUT2D eigenvalue weighted by atomic mass is 35.5. The second kappa shape index (κ2) is 14.7. The number of aliphatic hydroxyl groups excluding tert-OH is 1. The van der Waals surface area contributed by atoms with E-state index >= 15 is 0 Å². The largest absolute Gasteiger partial charge is 0.462 e. The van der Waals surface area contributed by atoms with Crippen LogP contribution >= 0.6 is 11.6 Å². The van der Waals surface area contributed by atoms with Crippen LogP contribution in [0.1, 0.15) is 62.2 Å². The normalized spacial score (nSPS) is 12.3. The number of nitrogens with zero attached hydrogens (tertiary/aromatic N) is 1. The first kappa shape index (κ1) is 33.9. The minimum atomic E-state index is -3.94. The lowest BCUT2D eigenvalue weighted by Crippen LogP contribution is -2.40. The van der Waals surface area contributed by atoms with Crippen molar-refractivity contribution in [2.24, 2.45) is 0 Å². The number of carbonyl (C=O) groups excluding carboxylic acids is 2. The summed E-state index contributed by atoms with van der Waals surface area (Å²) >= 11 is 6.07. The van der Waals surface area contributed by atoms with Crippen molar-refractivity contribution in [2.45, 2.75) is 62.5 Å². The first-order valence-electron chi connectivity index (χ1n) is 14.1. The molecule has 0 aliphatic carbocycles. The average molecular weight is 631 g/mol. The van der Waals surface area contributed by atoms with E-state index in [1.165, 1.54) is 29.2 Å². The molecule has 43 heavy (non-hydrogen) atoms. The van der Waals surface area contributed by atoms with Crippen molar-refractivity contribution in [3.63, 3.8) is 0 Å². The number of carbonyl (C=O) groups is 2. The van der Waals surface area contributed by atoms with Crippen LogP contribution in [0.25, 0.3) is 0 Å². The molecule has 2 N–H and O–H groups in total. The van der Waals surface area contributed by atoms with Gasteiger partial charge in [-0.3, -0.25) is 0 Å². The molecule has 3 rings (SSSR count). The van der Waals surface area contributed by atoms with Gasteiger partial charge in [-0.1, -0.05) is 35.9 Å². The lowest BCUT2D eigenvalue weighted by atomic mass is 10.1. The van der Waals surface area contributed by atoms with Crippen LogP contribution in [-0.2, 0) is 25.7 Å². The van der Waals surface area contributed by atoms with Crippen molar-refractivity contribution >= 4 is 39.2 Å². The van der Waals surface area contributed by atoms with Crippen molar-refractivity contribution in [3.8, 4) is 0 Å². The van der Waals surface area contributed by atoms with E-state index in [2.05, 4.69) is 5.32 Å². The average Bonchev–Trinajstić information content (AvgIpc) is 2.94. The van der Waals surface area contributed by atoms with Crippen LogP contribution in [-0.4, -0.2) is 62.3 Å². The van der Waals surface area contributed by atoms with Crippen molar-refractivity contribution < 1.29 is 32.6 Å². The monoisotopic (exact) mass is 630 g/mol. The van der Waals surface area contributed by atoms with Crippen molar-refractivity contribution in [1.82, 2.24) is 4.90 Å². The number of hydrogen-bond donors (Lipinski definition) is 2. The molecule has 3 aromatic rings. The first-order chi connectivity index (χ1) is 20.2. The molecule has 232 valence electrons. The highest BCUT2D eigenvalue weighted by Crippen LogP contribution is 2.27. The maximum Gasteiger partial charge on any atom is 0.410 e. The Bertz CT molecular complexity index is 1520. The minimum Gasteiger partial charge on any atom is -0.462 e. The molecular formula is C32H39ClN2O7S. The highest BCUT2D eigenvalue weighted by molar-refractivity contribution is 7.91. The molecule has 0 bridgehead atoms. The van der Waals surface area contributed by atoms with Crippen LogP contribution in [0.4, 0.5) is 10.5 Å². The molecule has 9 nitrogen and oxygen atoms in total. The summed E-state index contributed by atoms with van der Waals surface area (Å²) in [6.07, 6.45) is -1.19. The van der Waals surface area contributed by atoms with Crippen LogP contribution in [0.5, 0.6) is 0 Å². The number of halogens is 1. The Hall–Kier alpha value is -3.60. The number of hydrogen-bond acceptors (Lipinski definition) is 8. The van der Waals surface area contributed by atoms with E-state index < -0.39 is 33.6 Å². The van der Waals surface area contributed by atoms with E-state index in [-0.39, 0.29) is 35.1 Å². The second-order valence-electron chi connectivity index (χ2n) is 10.9. The Balaban J connectivity index is 1.79. The quantitative estimate of drug-likeness (QED) is 0.224. The standard InChI is InChI=1S/C32H39ClN2O7S/c1-6-34-28-16-15-26(20-27(28)30(37)41-7-2)43(39,40)25-13-11-22(12-14-25)17-18-35(31(38)42-32(3,4)5)21-29(36)23-9-8-10-24(33)19-23/h8-16,19-20,29,34,36H,6-7,17-18,21H2,1-5H3/t29-/m1/s1. The summed E-state index contributed by atoms with van der Waals surface area (Å²) in [7, 11) is -3.94. The van der Waals surface area contributed by atoms with Gasteiger partial charge < -0.3 is 24.8 Å². The summed E-state index contributed by atoms with van der Waals surface area (Å²) in [6.45, 7) is 9.74. The van der Waals surface area contributed by atoms with Gasteiger partial charge in [0, 0.05) is 23.8 Å². The Labute approximate surface area is 258 Å². The van der Waals surface area contributed by atoms with Gasteiger partial charge in [0.15, 0.2) is 0 Å². The number of rotatable bonds is 12. The Morgan fingerprint density at radius 3 is 2.28 bits per heavy atom. The first-order valence-corrected chi connectivity index (χ1v) is 15.9. The van der Waals surface area contributed by atoms with Gasteiger partial charge in [-0.15, -0.1) is 0 Å². The third-order valence-corrected chi connectivity index (χ3v) is 8.35. The number of anilines is 1. The number of benzene rings is 3. The summed E-state index contributed by atoms with van der Waals surface area (Å²) in [6, 6.07) is 17.5. The summed E-state index contributed by atoms with van der Waals surface area (Å²) in [5.74, 6) is -0.610. The molecule has 1 amide bonds. The summed E-state index contributed by atoms with van der Waals surface area (Å²) in [5, 5.41) is 14.3. The van der Waals surface area contributed by atoms with Gasteiger partial charge in [0.05, 0.1) is 34.6 Å². The minimum absolute atomic E-state index is 0.0204. The van der Waals surface area contributed by atoms with E-state index in [0.717, 1.165) is 5.56 Å². The van der Waals surface area contributed by atoms with Crippen LogP contribution in [0.3, 0.4) is 0 Å². The Morgan fingerprint density at radius 1 is 1.00 bits per heavy atom. The van der Waals surface area contributed by atoms with Crippen molar-refractivity contribution in [3.05, 3.63) is 88.4 Å². The van der Waals surface area contributed by atoms with E-state index in [1.54, 1.807) is 70.2 Å². The maximum atomic E-state index is 13.4. The number of esters is 1. The zero-order valence-corrected chi connectivity index (χ0v) is 26.7. The predicted octanol–water partition coefficient (Wildman–Crippen LogP) is 6.29. The third kappa shape index (κ3) is 9.44. The van der Waals surface area contributed by atoms with Gasteiger partial charge in [0.1, 0.15) is 5.60 Å². The van der Waals surface area contributed by atoms with Gasteiger partial charge >= 0.3 is 12.1 Å². The Kier molecular flexibility index (Phi) is 11.6. The number of nitrogens with one attached hydrogen (secondary N) is 1. The van der Waals surface area contributed by atoms with Gasteiger partial charge in [-0.2, -0.15) is 0 Å². The molecule has 0 aliphatic rings. The van der Waals surface area contributed by atoms with Crippen LogP contribution in [0.2, 0.25) is 5.02 Å². The SMILES string of the molecule is CCNc1ccc(S(=O)(=O)c2ccc(CCN(C[C@@H](O)c3cccc(Cl)c3)C(=O)OC(C)(C)C)cc2)cc1C(=O)OCC. The fourth-order valence-corrected chi connectivity index (χ4v) is 5.75. The van der Waals surface area contributed by atoms with Crippen molar-refractivity contribution in [2.75, 3.05) is 31.6 Å². The molecule has 11 heteroatoms. The zero-order chi connectivity index (χ0) is 31.8. The van der Waals surface area contributed by atoms with Gasteiger partial charge in [-0.25, -0.2) is 18.0 Å². The summed E-state index contributed by atoms with van der Waals surface area (Å²) in [4.78, 5) is 26.9. The van der Waals surface area contributed by atoms with Crippen LogP contribution in [0, 0.1) is 0 Å². The number of ether oxygens (including phenoxy) is 2. The summed E-state index contributed by atoms with van der Waals surface area (Å²) in [5.41, 5.74) is 1.25. The maximum absolute atomic E-state index is 13.4. The molecule has 0 unspecified atom stereocenters. The molecule has 3 aromatic carbocycles. The highest BCUT2D eigenvalue weighted by Gasteiger charge is 2.25. The number of sulfone groups is 1. The lowest BCUT2D eigenvalue weighted by Gasteiger charge is -2.29. The fraction of sp³-hybridized carbons (Fsp3) is 0.375. The molecule has 0 saturated carbocycles. The second-order valence-corrected chi connectivity index (χ2v) is 13.2. The number of aliphatic hydroxyl groups is 1. The van der Waals surface area contributed by atoms with Crippen LogP contribution in [0.15, 0.2) is 76.5 Å². The molecule has 0 heterocycles.